The third kappa shape index (κ3) is 9.88. The average molecular weight is 510 g/mol. The summed E-state index contributed by atoms with van der Waals surface area (Å²) in [5.41, 5.74) is 2.69. The molecule has 1 aliphatic rings. The summed E-state index contributed by atoms with van der Waals surface area (Å²) >= 11 is 0. The van der Waals surface area contributed by atoms with Gasteiger partial charge >= 0.3 is 12.1 Å². The maximum atomic E-state index is 12.8. The summed E-state index contributed by atoms with van der Waals surface area (Å²) in [6.45, 7) is 2.20. The van der Waals surface area contributed by atoms with Gasteiger partial charge in [-0.05, 0) is 50.2 Å². The molecule has 1 fully saturated rings. The van der Waals surface area contributed by atoms with Gasteiger partial charge in [-0.25, -0.2) is 4.79 Å². The van der Waals surface area contributed by atoms with Crippen molar-refractivity contribution in [2.24, 2.45) is 0 Å². The second kappa shape index (κ2) is 15.7. The minimum atomic E-state index is -0.458. The molecule has 0 radical (unpaired) electrons. The lowest BCUT2D eigenvalue weighted by molar-refractivity contribution is -0.140. The number of nitrogens with one attached hydrogen (secondary N) is 2. The summed E-state index contributed by atoms with van der Waals surface area (Å²) < 4.78 is 10.5. The highest BCUT2D eigenvalue weighted by molar-refractivity contribution is 5.91. The number of methoxy groups -OCH3 is 1. The van der Waals surface area contributed by atoms with E-state index in [1.807, 2.05) is 54.6 Å². The average Bonchev–Trinajstić information content (AvgIpc) is 2.92. The lowest BCUT2D eigenvalue weighted by Gasteiger charge is -2.34. The molecule has 8 heteroatoms. The van der Waals surface area contributed by atoms with Crippen LogP contribution in [-0.2, 0) is 19.1 Å². The van der Waals surface area contributed by atoms with Gasteiger partial charge in [0.1, 0.15) is 0 Å². The Morgan fingerprint density at radius 3 is 2.49 bits per heavy atom. The number of carbonyl (C=O) groups is 3. The first kappa shape index (κ1) is 28.2. The second-order valence-electron chi connectivity index (χ2n) is 9.27. The normalized spacial score (nSPS) is 15.5. The maximum Gasteiger partial charge on any atom is 0.413 e. The van der Waals surface area contributed by atoms with E-state index in [0.29, 0.717) is 25.1 Å². The highest BCUT2D eigenvalue weighted by Crippen LogP contribution is 2.28. The summed E-state index contributed by atoms with van der Waals surface area (Å²) in [6.07, 6.45) is 6.11. The van der Waals surface area contributed by atoms with Crippen LogP contribution in [0.4, 0.5) is 10.5 Å². The van der Waals surface area contributed by atoms with Crippen LogP contribution in [0.1, 0.15) is 57.8 Å². The SMILES string of the molecule is COC(=O)CCCCCC(=O)NCCCN1CCCCC1OC(=O)Nc1ccccc1-c1ccccc1. The van der Waals surface area contributed by atoms with Crippen LogP contribution in [0.3, 0.4) is 0 Å². The van der Waals surface area contributed by atoms with E-state index in [2.05, 4.69) is 20.3 Å². The number of carbonyl (C=O) groups excluding carboxylic acids is 3. The number of hydrogen-bond donors (Lipinski definition) is 2. The van der Waals surface area contributed by atoms with Gasteiger partial charge in [0.25, 0.3) is 0 Å². The number of para-hydroxylation sites is 1. The molecule has 37 heavy (non-hydrogen) atoms. The van der Waals surface area contributed by atoms with Crippen LogP contribution >= 0.6 is 0 Å². The Balaban J connectivity index is 1.39. The van der Waals surface area contributed by atoms with Crippen molar-refractivity contribution < 1.29 is 23.9 Å². The fourth-order valence-electron chi connectivity index (χ4n) is 4.51. The Hall–Kier alpha value is -3.39. The van der Waals surface area contributed by atoms with E-state index in [4.69, 9.17) is 4.74 Å². The Labute approximate surface area is 219 Å². The fourth-order valence-corrected chi connectivity index (χ4v) is 4.51. The van der Waals surface area contributed by atoms with Gasteiger partial charge in [-0.2, -0.15) is 0 Å². The summed E-state index contributed by atoms with van der Waals surface area (Å²) in [4.78, 5) is 38.1. The molecule has 8 nitrogen and oxygen atoms in total. The van der Waals surface area contributed by atoms with Crippen molar-refractivity contribution in [2.75, 3.05) is 32.1 Å². The van der Waals surface area contributed by atoms with Crippen molar-refractivity contribution in [2.45, 2.75) is 64.0 Å². The molecule has 0 aliphatic carbocycles. The van der Waals surface area contributed by atoms with Gasteiger partial charge in [0.05, 0.1) is 12.8 Å². The molecule has 2 N–H and O–H groups in total. The minimum Gasteiger partial charge on any atom is -0.469 e. The lowest BCUT2D eigenvalue weighted by atomic mass is 10.0. The molecular formula is C29H39N3O5. The molecule has 2 amide bonds. The van der Waals surface area contributed by atoms with Crippen molar-refractivity contribution in [3.63, 3.8) is 0 Å². The molecule has 1 saturated heterocycles. The van der Waals surface area contributed by atoms with Crippen LogP contribution < -0.4 is 10.6 Å². The maximum absolute atomic E-state index is 12.8. The molecule has 0 bridgehead atoms. The predicted octanol–water partition coefficient (Wildman–Crippen LogP) is 5.34. The van der Waals surface area contributed by atoms with Crippen LogP contribution in [0.25, 0.3) is 11.1 Å². The fraction of sp³-hybridized carbons (Fsp3) is 0.483. The van der Waals surface area contributed by atoms with Crippen LogP contribution in [-0.4, -0.2) is 55.8 Å². The quantitative estimate of drug-likeness (QED) is 0.279. The van der Waals surface area contributed by atoms with E-state index in [9.17, 15) is 14.4 Å². The largest absolute Gasteiger partial charge is 0.469 e. The van der Waals surface area contributed by atoms with Crippen LogP contribution in [0.2, 0.25) is 0 Å². The van der Waals surface area contributed by atoms with Crippen molar-refractivity contribution in [1.82, 2.24) is 10.2 Å². The zero-order chi connectivity index (χ0) is 26.3. The zero-order valence-corrected chi connectivity index (χ0v) is 21.7. The van der Waals surface area contributed by atoms with E-state index in [0.717, 1.165) is 69.2 Å². The molecule has 2 aromatic rings. The van der Waals surface area contributed by atoms with Gasteiger partial charge in [0.2, 0.25) is 5.91 Å². The number of nitrogens with zero attached hydrogens (tertiary/aromatic N) is 1. The lowest BCUT2D eigenvalue weighted by Crippen LogP contribution is -2.44. The van der Waals surface area contributed by atoms with E-state index >= 15 is 0 Å². The number of hydrogen-bond acceptors (Lipinski definition) is 6. The Bertz CT molecular complexity index is 998. The van der Waals surface area contributed by atoms with Crippen LogP contribution in [0.5, 0.6) is 0 Å². The molecule has 0 saturated carbocycles. The zero-order valence-electron chi connectivity index (χ0n) is 21.7. The molecule has 1 aliphatic heterocycles. The first-order valence-corrected chi connectivity index (χ1v) is 13.3. The third-order valence-corrected chi connectivity index (χ3v) is 6.50. The number of amides is 2. The Kier molecular flexibility index (Phi) is 11.9. The van der Waals surface area contributed by atoms with E-state index in [-0.39, 0.29) is 18.1 Å². The van der Waals surface area contributed by atoms with E-state index < -0.39 is 6.09 Å². The minimum absolute atomic E-state index is 0.0287. The molecule has 1 atom stereocenters. The number of unbranched alkanes of at least 4 members (excludes halogenated alkanes) is 2. The van der Waals surface area contributed by atoms with Gasteiger partial charge in [0, 0.05) is 38.0 Å². The van der Waals surface area contributed by atoms with Crippen molar-refractivity contribution in [3.8, 4) is 11.1 Å². The molecule has 1 unspecified atom stereocenters. The summed E-state index contributed by atoms with van der Waals surface area (Å²) in [5, 5.41) is 5.89. The smallest absolute Gasteiger partial charge is 0.413 e. The molecular weight excluding hydrogens is 470 g/mol. The molecule has 0 spiro atoms. The van der Waals surface area contributed by atoms with Gasteiger partial charge < -0.3 is 14.8 Å². The second-order valence-corrected chi connectivity index (χ2v) is 9.27. The van der Waals surface area contributed by atoms with Crippen molar-refractivity contribution >= 4 is 23.7 Å². The summed E-state index contributed by atoms with van der Waals surface area (Å²) in [7, 11) is 1.38. The molecule has 3 rings (SSSR count). The number of likely N-dealkylation sites (tertiary alicyclic amines) is 1. The summed E-state index contributed by atoms with van der Waals surface area (Å²) in [6, 6.07) is 17.6. The molecule has 1 heterocycles. The van der Waals surface area contributed by atoms with Crippen LogP contribution in [0, 0.1) is 0 Å². The monoisotopic (exact) mass is 509 g/mol. The predicted molar refractivity (Wildman–Crippen MR) is 144 cm³/mol. The Morgan fingerprint density at radius 1 is 0.919 bits per heavy atom. The number of anilines is 1. The molecule has 200 valence electrons. The number of piperidine rings is 1. The van der Waals surface area contributed by atoms with Crippen molar-refractivity contribution in [3.05, 3.63) is 54.6 Å². The third-order valence-electron chi connectivity index (χ3n) is 6.50. The number of benzene rings is 2. The van der Waals surface area contributed by atoms with Crippen LogP contribution in [0.15, 0.2) is 54.6 Å². The standard InChI is InChI=1S/C29H39N3O5/c1-36-28(34)19-7-3-6-17-26(33)30-20-12-22-32-21-11-10-18-27(32)37-29(35)31-25-16-9-8-15-24(25)23-13-4-2-5-14-23/h2,4-5,8-9,13-16,27H,3,6-7,10-12,17-22H2,1H3,(H,30,33)(H,31,35). The highest BCUT2D eigenvalue weighted by Gasteiger charge is 2.25. The van der Waals surface area contributed by atoms with Gasteiger partial charge in [-0.3, -0.25) is 19.8 Å². The molecule has 2 aromatic carbocycles. The van der Waals surface area contributed by atoms with Gasteiger partial charge in [0.15, 0.2) is 6.23 Å². The highest BCUT2D eigenvalue weighted by atomic mass is 16.6. The first-order valence-electron chi connectivity index (χ1n) is 13.3. The van der Waals surface area contributed by atoms with Gasteiger partial charge in [-0.1, -0.05) is 55.0 Å². The number of ether oxygens (including phenoxy) is 2. The van der Waals surface area contributed by atoms with E-state index in [1.54, 1.807) is 0 Å². The number of rotatable bonds is 13. The number of esters is 1. The van der Waals surface area contributed by atoms with Crippen molar-refractivity contribution in [1.29, 1.82) is 0 Å². The first-order chi connectivity index (χ1) is 18.1. The molecule has 0 aromatic heterocycles. The topological polar surface area (TPSA) is 97.0 Å². The Morgan fingerprint density at radius 2 is 1.68 bits per heavy atom. The van der Waals surface area contributed by atoms with E-state index in [1.165, 1.54) is 7.11 Å². The van der Waals surface area contributed by atoms with Gasteiger partial charge in [-0.15, -0.1) is 0 Å². The summed E-state index contributed by atoms with van der Waals surface area (Å²) in [5.74, 6) is -0.181.